The Labute approximate surface area is 81.8 Å². The maximum Gasteiger partial charge on any atom is 0.482 e. The molecule has 0 amide bonds. The first kappa shape index (κ1) is 11.1. The third-order valence-electron chi connectivity index (χ3n) is 1.56. The standard InChI is InChI=1S/C7H6F3N3O2/c8-7(9,10)12-4-2-1-3-5(6(4)11)13(14)15/h1-3,12H,11H2. The summed E-state index contributed by atoms with van der Waals surface area (Å²) in [6.45, 7) is 0. The number of nitrogens with two attached hydrogens (primary N) is 1. The van der Waals surface area contributed by atoms with E-state index < -0.39 is 28.3 Å². The average Bonchev–Trinajstić information content (AvgIpc) is 2.05. The molecule has 0 atom stereocenters. The highest BCUT2D eigenvalue weighted by molar-refractivity contribution is 5.76. The number of nitrogens with one attached hydrogen (secondary N) is 1. The summed E-state index contributed by atoms with van der Waals surface area (Å²) in [7, 11) is 0. The smallest absolute Gasteiger partial charge is 0.391 e. The van der Waals surface area contributed by atoms with Crippen LogP contribution in [0, 0.1) is 10.1 Å². The van der Waals surface area contributed by atoms with E-state index in [1.807, 2.05) is 0 Å². The third kappa shape index (κ3) is 2.73. The number of rotatable bonds is 2. The van der Waals surface area contributed by atoms with Crippen molar-refractivity contribution in [2.24, 2.45) is 0 Å². The van der Waals surface area contributed by atoms with Crippen molar-refractivity contribution in [3.05, 3.63) is 28.3 Å². The lowest BCUT2D eigenvalue weighted by Crippen LogP contribution is -2.21. The molecule has 1 aromatic carbocycles. The van der Waals surface area contributed by atoms with E-state index in [1.165, 1.54) is 0 Å². The molecular formula is C7H6F3N3O2. The predicted molar refractivity (Wildman–Crippen MR) is 47.2 cm³/mol. The SMILES string of the molecule is Nc1c(NC(F)(F)F)cccc1[N+](=O)[O-]. The van der Waals surface area contributed by atoms with Gasteiger partial charge in [0.25, 0.3) is 5.69 Å². The molecular weight excluding hydrogens is 215 g/mol. The molecule has 0 spiro atoms. The minimum atomic E-state index is -4.68. The average molecular weight is 221 g/mol. The van der Waals surface area contributed by atoms with Crippen molar-refractivity contribution in [3.63, 3.8) is 0 Å². The molecule has 0 aliphatic heterocycles. The molecule has 1 rings (SSSR count). The van der Waals surface area contributed by atoms with Gasteiger partial charge in [-0.25, -0.2) is 0 Å². The Morgan fingerprint density at radius 1 is 1.40 bits per heavy atom. The van der Waals surface area contributed by atoms with E-state index in [2.05, 4.69) is 0 Å². The summed E-state index contributed by atoms with van der Waals surface area (Å²) in [5, 5.41) is 11.5. The van der Waals surface area contributed by atoms with E-state index in [0.29, 0.717) is 0 Å². The fourth-order valence-corrected chi connectivity index (χ4v) is 0.974. The van der Waals surface area contributed by atoms with Crippen molar-refractivity contribution >= 4 is 17.1 Å². The Morgan fingerprint density at radius 2 is 2.00 bits per heavy atom. The van der Waals surface area contributed by atoms with Crippen LogP contribution in [0.1, 0.15) is 0 Å². The number of hydrogen-bond donors (Lipinski definition) is 2. The predicted octanol–water partition coefficient (Wildman–Crippen LogP) is 2.11. The number of alkyl halides is 3. The number of anilines is 2. The summed E-state index contributed by atoms with van der Waals surface area (Å²) in [5.41, 5.74) is 3.55. The number of hydrogen-bond acceptors (Lipinski definition) is 4. The van der Waals surface area contributed by atoms with Crippen LogP contribution in [0.3, 0.4) is 0 Å². The van der Waals surface area contributed by atoms with E-state index in [0.717, 1.165) is 23.5 Å². The van der Waals surface area contributed by atoms with Gasteiger partial charge in [0.1, 0.15) is 5.69 Å². The van der Waals surface area contributed by atoms with E-state index in [1.54, 1.807) is 0 Å². The molecule has 0 saturated heterocycles. The minimum absolute atomic E-state index is 0.531. The number of nitro groups is 1. The van der Waals surface area contributed by atoms with Crippen molar-refractivity contribution < 1.29 is 18.1 Å². The highest BCUT2D eigenvalue weighted by atomic mass is 19.4. The first-order valence-corrected chi connectivity index (χ1v) is 3.69. The molecule has 5 nitrogen and oxygen atoms in total. The molecule has 15 heavy (non-hydrogen) atoms. The van der Waals surface area contributed by atoms with Gasteiger partial charge in [-0.05, 0) is 6.07 Å². The Hall–Kier alpha value is -1.99. The summed E-state index contributed by atoms with van der Waals surface area (Å²) < 4.78 is 35.8. The molecule has 1 aromatic rings. The highest BCUT2D eigenvalue weighted by Gasteiger charge is 2.29. The fraction of sp³-hybridized carbons (Fsp3) is 0.143. The monoisotopic (exact) mass is 221 g/mol. The molecule has 0 radical (unpaired) electrons. The summed E-state index contributed by atoms with van der Waals surface area (Å²) >= 11 is 0. The van der Waals surface area contributed by atoms with Crippen molar-refractivity contribution in [3.8, 4) is 0 Å². The molecule has 0 aromatic heterocycles. The van der Waals surface area contributed by atoms with Crippen LogP contribution in [0.2, 0.25) is 0 Å². The molecule has 8 heteroatoms. The number of nitrogen functional groups attached to an aromatic ring is 1. The normalized spacial score (nSPS) is 11.1. The van der Waals surface area contributed by atoms with Gasteiger partial charge in [-0.1, -0.05) is 6.07 Å². The van der Waals surface area contributed by atoms with Crippen molar-refractivity contribution in [2.45, 2.75) is 6.30 Å². The van der Waals surface area contributed by atoms with Gasteiger partial charge in [0.05, 0.1) is 10.6 Å². The lowest BCUT2D eigenvalue weighted by atomic mass is 10.2. The third-order valence-corrected chi connectivity index (χ3v) is 1.56. The first-order chi connectivity index (χ1) is 6.81. The molecule has 0 bridgehead atoms. The van der Waals surface area contributed by atoms with E-state index >= 15 is 0 Å². The zero-order chi connectivity index (χ0) is 11.6. The van der Waals surface area contributed by atoms with Gasteiger partial charge in [0, 0.05) is 6.07 Å². The number of benzene rings is 1. The Balaban J connectivity index is 3.10. The Kier molecular flexibility index (Phi) is 2.69. The summed E-state index contributed by atoms with van der Waals surface area (Å²) in [6.07, 6.45) is -4.68. The summed E-state index contributed by atoms with van der Waals surface area (Å²) in [6, 6.07) is 3.15. The van der Waals surface area contributed by atoms with Crippen LogP contribution in [0.25, 0.3) is 0 Å². The number of para-hydroxylation sites is 1. The maximum atomic E-state index is 11.9. The maximum absolute atomic E-state index is 11.9. The molecule has 0 fully saturated rings. The lowest BCUT2D eigenvalue weighted by Gasteiger charge is -2.11. The van der Waals surface area contributed by atoms with Crippen LogP contribution < -0.4 is 11.1 Å². The molecule has 0 aliphatic carbocycles. The second-order valence-corrected chi connectivity index (χ2v) is 2.62. The number of nitro benzene ring substituents is 1. The zero-order valence-corrected chi connectivity index (χ0v) is 7.21. The van der Waals surface area contributed by atoms with Crippen molar-refractivity contribution in [2.75, 3.05) is 11.1 Å². The van der Waals surface area contributed by atoms with Crippen LogP contribution in [0.4, 0.5) is 30.2 Å². The van der Waals surface area contributed by atoms with Crippen molar-refractivity contribution in [1.29, 1.82) is 0 Å². The summed E-state index contributed by atoms with van der Waals surface area (Å²) in [5.74, 6) is 0. The van der Waals surface area contributed by atoms with E-state index in [4.69, 9.17) is 5.73 Å². The molecule has 0 aliphatic rings. The molecule has 3 N–H and O–H groups in total. The Morgan fingerprint density at radius 3 is 2.47 bits per heavy atom. The van der Waals surface area contributed by atoms with Crippen LogP contribution in [-0.2, 0) is 0 Å². The summed E-state index contributed by atoms with van der Waals surface area (Å²) in [4.78, 5) is 9.51. The Bertz CT molecular complexity index is 392. The van der Waals surface area contributed by atoms with Crippen LogP contribution in [0.15, 0.2) is 18.2 Å². The molecule has 82 valence electrons. The largest absolute Gasteiger partial charge is 0.482 e. The van der Waals surface area contributed by atoms with Gasteiger partial charge in [0.2, 0.25) is 0 Å². The van der Waals surface area contributed by atoms with Crippen LogP contribution >= 0.6 is 0 Å². The fourth-order valence-electron chi connectivity index (χ4n) is 0.974. The topological polar surface area (TPSA) is 81.2 Å². The second kappa shape index (κ2) is 3.64. The van der Waals surface area contributed by atoms with Gasteiger partial charge in [0.15, 0.2) is 0 Å². The molecule has 0 unspecified atom stereocenters. The second-order valence-electron chi connectivity index (χ2n) is 2.62. The van der Waals surface area contributed by atoms with Crippen molar-refractivity contribution in [1.82, 2.24) is 0 Å². The number of halogens is 3. The van der Waals surface area contributed by atoms with E-state index in [-0.39, 0.29) is 0 Å². The highest BCUT2D eigenvalue weighted by Crippen LogP contribution is 2.31. The zero-order valence-electron chi connectivity index (χ0n) is 7.21. The quantitative estimate of drug-likeness (QED) is 0.347. The molecule has 0 heterocycles. The van der Waals surface area contributed by atoms with Gasteiger partial charge >= 0.3 is 6.30 Å². The van der Waals surface area contributed by atoms with Gasteiger partial charge in [-0.2, -0.15) is 13.2 Å². The van der Waals surface area contributed by atoms with Gasteiger partial charge in [-0.15, -0.1) is 0 Å². The van der Waals surface area contributed by atoms with Crippen LogP contribution in [-0.4, -0.2) is 11.2 Å². The lowest BCUT2D eigenvalue weighted by molar-refractivity contribution is -0.383. The minimum Gasteiger partial charge on any atom is -0.391 e. The van der Waals surface area contributed by atoms with Crippen LogP contribution in [0.5, 0.6) is 0 Å². The molecule has 0 saturated carbocycles. The van der Waals surface area contributed by atoms with Gasteiger partial charge < -0.3 is 5.73 Å². The van der Waals surface area contributed by atoms with Gasteiger partial charge in [-0.3, -0.25) is 15.4 Å². The number of nitrogens with zero attached hydrogens (tertiary/aromatic N) is 1. The first-order valence-electron chi connectivity index (χ1n) is 3.69. The van der Waals surface area contributed by atoms with E-state index in [9.17, 15) is 23.3 Å².